The van der Waals surface area contributed by atoms with Gasteiger partial charge >= 0.3 is 0 Å². The monoisotopic (exact) mass is 317 g/mol. The van der Waals surface area contributed by atoms with Crippen molar-refractivity contribution < 1.29 is 4.74 Å². The van der Waals surface area contributed by atoms with E-state index in [0.717, 1.165) is 22.5 Å². The Labute approximate surface area is 121 Å². The minimum Gasteiger partial charge on any atom is -0.457 e. The van der Waals surface area contributed by atoms with Crippen LogP contribution in [0.25, 0.3) is 0 Å². The van der Waals surface area contributed by atoms with Crippen LogP contribution in [0, 0.1) is 0 Å². The molecule has 1 aliphatic carbocycles. The van der Waals surface area contributed by atoms with Crippen LogP contribution in [0.2, 0.25) is 0 Å². The molecule has 1 fully saturated rings. The smallest absolute Gasteiger partial charge is 0.131 e. The highest BCUT2D eigenvalue weighted by Crippen LogP contribution is 2.28. The first-order valence-electron chi connectivity index (χ1n) is 6.56. The van der Waals surface area contributed by atoms with E-state index in [1.54, 1.807) is 0 Å². The molecule has 2 nitrogen and oxygen atoms in total. The van der Waals surface area contributed by atoms with Gasteiger partial charge in [-0.3, -0.25) is 0 Å². The summed E-state index contributed by atoms with van der Waals surface area (Å²) in [5.74, 6) is 1.78. The van der Waals surface area contributed by atoms with Crippen molar-refractivity contribution in [1.29, 1.82) is 0 Å². The Kier molecular flexibility index (Phi) is 3.85. The molecule has 1 aliphatic rings. The van der Waals surface area contributed by atoms with Crippen LogP contribution in [-0.2, 0) is 6.54 Å². The lowest BCUT2D eigenvalue weighted by atomic mass is 10.2. The molecule has 0 amide bonds. The first kappa shape index (κ1) is 12.7. The Balaban J connectivity index is 1.75. The van der Waals surface area contributed by atoms with Crippen LogP contribution in [0.3, 0.4) is 0 Å². The zero-order chi connectivity index (χ0) is 13.1. The Morgan fingerprint density at radius 1 is 1.11 bits per heavy atom. The van der Waals surface area contributed by atoms with Crippen molar-refractivity contribution in [2.75, 3.05) is 0 Å². The van der Waals surface area contributed by atoms with Gasteiger partial charge in [0.05, 0.1) is 0 Å². The molecule has 2 aromatic rings. The summed E-state index contributed by atoms with van der Waals surface area (Å²) in [6.45, 7) is 0.870. The van der Waals surface area contributed by atoms with Crippen LogP contribution in [0.1, 0.15) is 18.4 Å². The molecular weight excluding hydrogens is 302 g/mol. The number of ether oxygens (including phenoxy) is 1. The van der Waals surface area contributed by atoms with Gasteiger partial charge in [0.1, 0.15) is 11.5 Å². The number of halogens is 1. The van der Waals surface area contributed by atoms with E-state index in [9.17, 15) is 0 Å². The highest BCUT2D eigenvalue weighted by atomic mass is 79.9. The lowest BCUT2D eigenvalue weighted by Gasteiger charge is -2.11. The highest BCUT2D eigenvalue weighted by molar-refractivity contribution is 9.10. The molecule has 0 bridgehead atoms. The van der Waals surface area contributed by atoms with Gasteiger partial charge in [0.15, 0.2) is 0 Å². The molecule has 0 heterocycles. The van der Waals surface area contributed by atoms with Crippen molar-refractivity contribution in [3.63, 3.8) is 0 Å². The lowest BCUT2D eigenvalue weighted by molar-refractivity contribution is 0.472. The van der Waals surface area contributed by atoms with E-state index in [0.29, 0.717) is 6.04 Å². The number of nitrogens with one attached hydrogen (secondary N) is 1. The number of rotatable bonds is 5. The molecule has 0 saturated heterocycles. The second kappa shape index (κ2) is 5.76. The second-order valence-corrected chi connectivity index (χ2v) is 5.74. The maximum Gasteiger partial charge on any atom is 0.131 e. The Hall–Kier alpha value is -1.32. The number of hydrogen-bond donors (Lipinski definition) is 1. The normalized spacial score (nSPS) is 14.4. The molecular formula is C16H16BrNO. The molecule has 0 unspecified atom stereocenters. The van der Waals surface area contributed by atoms with Crippen LogP contribution in [0.5, 0.6) is 11.5 Å². The van der Waals surface area contributed by atoms with Gasteiger partial charge in [-0.15, -0.1) is 0 Å². The van der Waals surface area contributed by atoms with E-state index in [1.807, 2.05) is 36.4 Å². The third kappa shape index (κ3) is 3.58. The Morgan fingerprint density at radius 3 is 2.74 bits per heavy atom. The highest BCUT2D eigenvalue weighted by Gasteiger charge is 2.20. The van der Waals surface area contributed by atoms with Crippen LogP contribution in [0.15, 0.2) is 53.0 Å². The third-order valence-electron chi connectivity index (χ3n) is 3.16. The molecule has 0 spiro atoms. The summed E-state index contributed by atoms with van der Waals surface area (Å²) in [7, 11) is 0. The van der Waals surface area contributed by atoms with Gasteiger partial charge in [-0.1, -0.05) is 40.2 Å². The van der Waals surface area contributed by atoms with Gasteiger partial charge in [0.25, 0.3) is 0 Å². The molecule has 98 valence electrons. The molecule has 0 radical (unpaired) electrons. The number of para-hydroxylation sites is 1. The summed E-state index contributed by atoms with van der Waals surface area (Å²) in [6, 6.07) is 16.8. The Morgan fingerprint density at radius 2 is 1.95 bits per heavy atom. The molecule has 3 rings (SSSR count). The zero-order valence-electron chi connectivity index (χ0n) is 10.6. The number of hydrogen-bond acceptors (Lipinski definition) is 2. The third-order valence-corrected chi connectivity index (χ3v) is 3.65. The van der Waals surface area contributed by atoms with Crippen molar-refractivity contribution >= 4 is 15.9 Å². The van der Waals surface area contributed by atoms with E-state index >= 15 is 0 Å². The second-order valence-electron chi connectivity index (χ2n) is 4.82. The standard InChI is InChI=1S/C16H16BrNO/c17-13-5-3-6-15(10-13)19-16-7-2-1-4-12(16)11-18-14-8-9-14/h1-7,10,14,18H,8-9,11H2. The molecule has 1 N–H and O–H groups in total. The van der Waals surface area contributed by atoms with Gasteiger partial charge in [-0.25, -0.2) is 0 Å². The van der Waals surface area contributed by atoms with Gasteiger partial charge in [0, 0.05) is 22.6 Å². The topological polar surface area (TPSA) is 21.3 Å². The predicted molar refractivity (Wildman–Crippen MR) is 80.5 cm³/mol. The maximum absolute atomic E-state index is 5.97. The fourth-order valence-electron chi connectivity index (χ4n) is 1.95. The van der Waals surface area contributed by atoms with Crippen LogP contribution >= 0.6 is 15.9 Å². The number of benzene rings is 2. The summed E-state index contributed by atoms with van der Waals surface area (Å²) in [5, 5.41) is 3.52. The van der Waals surface area contributed by atoms with E-state index in [1.165, 1.54) is 18.4 Å². The quantitative estimate of drug-likeness (QED) is 0.877. The summed E-state index contributed by atoms with van der Waals surface area (Å²) >= 11 is 3.46. The van der Waals surface area contributed by atoms with Crippen molar-refractivity contribution in [1.82, 2.24) is 5.32 Å². The summed E-state index contributed by atoms with van der Waals surface area (Å²) in [5.41, 5.74) is 1.20. The maximum atomic E-state index is 5.97. The van der Waals surface area contributed by atoms with Crippen LogP contribution in [-0.4, -0.2) is 6.04 Å². The van der Waals surface area contributed by atoms with Crippen molar-refractivity contribution in [3.8, 4) is 11.5 Å². The fraction of sp³-hybridized carbons (Fsp3) is 0.250. The molecule has 3 heteroatoms. The molecule has 0 aliphatic heterocycles. The summed E-state index contributed by atoms with van der Waals surface area (Å²) in [4.78, 5) is 0. The summed E-state index contributed by atoms with van der Waals surface area (Å²) < 4.78 is 7.00. The van der Waals surface area contributed by atoms with Crippen molar-refractivity contribution in [2.45, 2.75) is 25.4 Å². The van der Waals surface area contributed by atoms with Gasteiger partial charge in [-0.05, 0) is 37.1 Å². The summed E-state index contributed by atoms with van der Waals surface area (Å²) in [6.07, 6.45) is 2.60. The minimum absolute atomic E-state index is 0.707. The molecule has 19 heavy (non-hydrogen) atoms. The zero-order valence-corrected chi connectivity index (χ0v) is 12.2. The average Bonchev–Trinajstić information content (AvgIpc) is 3.22. The van der Waals surface area contributed by atoms with Crippen LogP contribution in [0.4, 0.5) is 0 Å². The van der Waals surface area contributed by atoms with E-state index in [2.05, 4.69) is 33.4 Å². The van der Waals surface area contributed by atoms with Gasteiger partial charge < -0.3 is 10.1 Å². The predicted octanol–water partition coefficient (Wildman–Crippen LogP) is 4.49. The average molecular weight is 318 g/mol. The molecule has 0 aromatic heterocycles. The van der Waals surface area contributed by atoms with Crippen molar-refractivity contribution in [3.05, 3.63) is 58.6 Å². The molecule has 0 atom stereocenters. The van der Waals surface area contributed by atoms with E-state index in [4.69, 9.17) is 4.74 Å². The minimum atomic E-state index is 0.707. The fourth-order valence-corrected chi connectivity index (χ4v) is 2.33. The van der Waals surface area contributed by atoms with Crippen LogP contribution < -0.4 is 10.1 Å². The first-order valence-corrected chi connectivity index (χ1v) is 7.35. The van der Waals surface area contributed by atoms with E-state index < -0.39 is 0 Å². The first-order chi connectivity index (χ1) is 9.31. The van der Waals surface area contributed by atoms with E-state index in [-0.39, 0.29) is 0 Å². The van der Waals surface area contributed by atoms with Gasteiger partial charge in [-0.2, -0.15) is 0 Å². The van der Waals surface area contributed by atoms with Gasteiger partial charge in [0.2, 0.25) is 0 Å². The molecule has 2 aromatic carbocycles. The largest absolute Gasteiger partial charge is 0.457 e. The lowest BCUT2D eigenvalue weighted by Crippen LogP contribution is -2.15. The Bertz CT molecular complexity index is 566. The SMILES string of the molecule is Brc1cccc(Oc2ccccc2CNC2CC2)c1. The van der Waals surface area contributed by atoms with Crippen molar-refractivity contribution in [2.24, 2.45) is 0 Å². The molecule has 1 saturated carbocycles.